The minimum Gasteiger partial charge on any atom is -0.490 e. The number of hydrogen-bond acceptors (Lipinski definition) is 5. The Morgan fingerprint density at radius 2 is 1.82 bits per heavy atom. The Hall–Kier alpha value is -2.45. The fourth-order valence-corrected chi connectivity index (χ4v) is 5.07. The molecule has 0 unspecified atom stereocenters. The van der Waals surface area contributed by atoms with Crippen LogP contribution in [0, 0.1) is 16.0 Å². The van der Waals surface area contributed by atoms with Gasteiger partial charge in [0.05, 0.1) is 16.9 Å². The molecule has 0 spiro atoms. The molecular weight excluding hydrogens is 380 g/mol. The molecule has 0 N–H and O–H groups in total. The van der Waals surface area contributed by atoms with Gasteiger partial charge in [0.25, 0.3) is 0 Å². The number of nitro groups is 1. The topological polar surface area (TPSA) is 89.8 Å². The van der Waals surface area contributed by atoms with E-state index in [2.05, 4.69) is 12.1 Å². The van der Waals surface area contributed by atoms with Gasteiger partial charge >= 0.3 is 5.69 Å². The minimum atomic E-state index is -3.76. The highest BCUT2D eigenvalue weighted by Crippen LogP contribution is 2.32. The van der Waals surface area contributed by atoms with Gasteiger partial charge in [0, 0.05) is 19.2 Å². The van der Waals surface area contributed by atoms with Crippen molar-refractivity contribution in [1.29, 1.82) is 0 Å². The van der Waals surface area contributed by atoms with Crippen molar-refractivity contribution in [3.05, 3.63) is 64.2 Å². The monoisotopic (exact) mass is 404 g/mol. The molecule has 1 saturated heterocycles. The van der Waals surface area contributed by atoms with Gasteiger partial charge < -0.3 is 4.74 Å². The van der Waals surface area contributed by atoms with Crippen LogP contribution in [0.4, 0.5) is 5.69 Å². The first-order valence-electron chi connectivity index (χ1n) is 9.28. The summed E-state index contributed by atoms with van der Waals surface area (Å²) in [5.74, 6) is 0.528. The number of benzene rings is 2. The Labute approximate surface area is 165 Å². The van der Waals surface area contributed by atoms with Crippen LogP contribution in [0.5, 0.6) is 5.75 Å². The van der Waals surface area contributed by atoms with Crippen molar-refractivity contribution in [3.8, 4) is 5.75 Å². The lowest BCUT2D eigenvalue weighted by atomic mass is 9.91. The number of ether oxygens (including phenoxy) is 1. The Kier molecular flexibility index (Phi) is 6.31. The number of sulfonamides is 1. The second-order valence-electron chi connectivity index (χ2n) is 6.96. The number of methoxy groups -OCH3 is 1. The van der Waals surface area contributed by atoms with Gasteiger partial charge in [-0.15, -0.1) is 0 Å². The summed E-state index contributed by atoms with van der Waals surface area (Å²) in [6.45, 7) is 0.864. The summed E-state index contributed by atoms with van der Waals surface area (Å²) in [5.41, 5.74) is 0.949. The molecule has 1 aliphatic rings. The molecule has 0 atom stereocenters. The normalized spacial score (nSPS) is 16.0. The molecule has 2 aromatic carbocycles. The van der Waals surface area contributed by atoms with Gasteiger partial charge in [-0.05, 0) is 49.3 Å². The number of rotatable bonds is 7. The zero-order chi connectivity index (χ0) is 20.1. The van der Waals surface area contributed by atoms with Crippen LogP contribution in [-0.2, 0) is 16.4 Å². The summed E-state index contributed by atoms with van der Waals surface area (Å²) in [6, 6.07) is 14.0. The fourth-order valence-electron chi connectivity index (χ4n) is 3.58. The predicted molar refractivity (Wildman–Crippen MR) is 106 cm³/mol. The summed E-state index contributed by atoms with van der Waals surface area (Å²) in [4.78, 5) is 10.5. The Morgan fingerprint density at radius 1 is 1.14 bits per heavy atom. The maximum absolute atomic E-state index is 12.9. The average Bonchev–Trinajstić information content (AvgIpc) is 2.72. The molecule has 0 bridgehead atoms. The predicted octanol–water partition coefficient (Wildman–Crippen LogP) is 3.64. The Bertz CT molecular complexity index is 923. The van der Waals surface area contributed by atoms with Crippen molar-refractivity contribution in [1.82, 2.24) is 4.31 Å². The second-order valence-corrected chi connectivity index (χ2v) is 8.90. The molecule has 2 aromatic rings. The lowest BCUT2D eigenvalue weighted by Crippen LogP contribution is -2.38. The zero-order valence-corrected chi connectivity index (χ0v) is 16.6. The van der Waals surface area contributed by atoms with E-state index in [1.165, 1.54) is 29.1 Å². The fraction of sp³-hybridized carbons (Fsp3) is 0.400. The highest BCUT2D eigenvalue weighted by molar-refractivity contribution is 7.89. The van der Waals surface area contributed by atoms with Gasteiger partial charge in [0.15, 0.2) is 5.75 Å². The molecule has 0 saturated carbocycles. The van der Waals surface area contributed by atoms with Crippen LogP contribution in [0.15, 0.2) is 53.4 Å². The van der Waals surface area contributed by atoms with Crippen LogP contribution < -0.4 is 4.74 Å². The van der Waals surface area contributed by atoms with E-state index in [1.807, 2.05) is 18.2 Å². The van der Waals surface area contributed by atoms with Gasteiger partial charge in [-0.25, -0.2) is 8.42 Å². The van der Waals surface area contributed by atoms with Crippen molar-refractivity contribution >= 4 is 15.7 Å². The molecule has 3 rings (SSSR count). The number of aryl methyl sites for hydroxylation is 1. The van der Waals surface area contributed by atoms with Crippen LogP contribution in [0.3, 0.4) is 0 Å². The quantitative estimate of drug-likeness (QED) is 0.519. The van der Waals surface area contributed by atoms with Crippen molar-refractivity contribution in [2.75, 3.05) is 20.2 Å². The number of nitro benzene ring substituents is 1. The van der Waals surface area contributed by atoms with Crippen LogP contribution in [-0.4, -0.2) is 37.8 Å². The van der Waals surface area contributed by atoms with Gasteiger partial charge in [-0.3, -0.25) is 10.1 Å². The van der Waals surface area contributed by atoms with E-state index in [9.17, 15) is 18.5 Å². The maximum Gasteiger partial charge on any atom is 0.312 e. The smallest absolute Gasteiger partial charge is 0.312 e. The molecule has 28 heavy (non-hydrogen) atoms. The van der Waals surface area contributed by atoms with Gasteiger partial charge in [-0.1, -0.05) is 30.3 Å². The third-order valence-electron chi connectivity index (χ3n) is 5.24. The summed E-state index contributed by atoms with van der Waals surface area (Å²) in [5, 5.41) is 11.2. The van der Waals surface area contributed by atoms with E-state index < -0.39 is 14.9 Å². The van der Waals surface area contributed by atoms with Gasteiger partial charge in [-0.2, -0.15) is 4.31 Å². The molecule has 7 nitrogen and oxygen atoms in total. The molecule has 1 heterocycles. The molecule has 0 amide bonds. The highest BCUT2D eigenvalue weighted by atomic mass is 32.2. The van der Waals surface area contributed by atoms with Crippen LogP contribution in [0.2, 0.25) is 0 Å². The van der Waals surface area contributed by atoms with Crippen molar-refractivity contribution < 1.29 is 18.1 Å². The van der Waals surface area contributed by atoms with E-state index in [0.717, 1.165) is 31.7 Å². The summed E-state index contributed by atoms with van der Waals surface area (Å²) in [6.07, 6.45) is 3.61. The summed E-state index contributed by atoms with van der Waals surface area (Å²) < 4.78 is 32.2. The highest BCUT2D eigenvalue weighted by Gasteiger charge is 2.31. The van der Waals surface area contributed by atoms with Crippen LogP contribution in [0.1, 0.15) is 24.8 Å². The Balaban J connectivity index is 1.64. The van der Waals surface area contributed by atoms with Crippen molar-refractivity contribution in [3.63, 3.8) is 0 Å². The van der Waals surface area contributed by atoms with E-state index >= 15 is 0 Å². The van der Waals surface area contributed by atoms with E-state index in [4.69, 9.17) is 4.74 Å². The van der Waals surface area contributed by atoms with Crippen molar-refractivity contribution in [2.24, 2.45) is 5.92 Å². The van der Waals surface area contributed by atoms with E-state index in [1.54, 1.807) is 0 Å². The molecule has 0 radical (unpaired) electrons. The largest absolute Gasteiger partial charge is 0.490 e. The average molecular weight is 404 g/mol. The Morgan fingerprint density at radius 3 is 2.43 bits per heavy atom. The number of piperidine rings is 1. The third-order valence-corrected chi connectivity index (χ3v) is 7.14. The number of hydrogen-bond donors (Lipinski definition) is 0. The van der Waals surface area contributed by atoms with Gasteiger partial charge in [0.2, 0.25) is 10.0 Å². The maximum atomic E-state index is 12.9. The first-order chi connectivity index (χ1) is 13.4. The minimum absolute atomic E-state index is 0.0450. The lowest BCUT2D eigenvalue weighted by molar-refractivity contribution is -0.386. The van der Waals surface area contributed by atoms with Crippen LogP contribution >= 0.6 is 0 Å². The molecule has 150 valence electrons. The summed E-state index contributed by atoms with van der Waals surface area (Å²) in [7, 11) is -2.44. The first kappa shape index (κ1) is 20.3. The lowest BCUT2D eigenvalue weighted by Gasteiger charge is -2.31. The molecular formula is C20H24N2O5S. The zero-order valence-electron chi connectivity index (χ0n) is 15.8. The van der Waals surface area contributed by atoms with E-state index in [-0.39, 0.29) is 16.3 Å². The van der Waals surface area contributed by atoms with Crippen molar-refractivity contribution in [2.45, 2.75) is 30.6 Å². The van der Waals surface area contributed by atoms with Crippen LogP contribution in [0.25, 0.3) is 0 Å². The first-order valence-corrected chi connectivity index (χ1v) is 10.7. The number of nitrogens with zero attached hydrogens (tertiary/aromatic N) is 2. The summed E-state index contributed by atoms with van der Waals surface area (Å²) >= 11 is 0. The molecule has 8 heteroatoms. The second kappa shape index (κ2) is 8.70. The molecule has 1 aliphatic heterocycles. The molecule has 0 aliphatic carbocycles. The third kappa shape index (κ3) is 4.51. The standard InChI is InChI=1S/C20H24N2O5S/c1-27-20-10-9-18(15-19(20)22(23)24)28(25,26)21-13-11-17(12-14-21)8-7-16-5-3-2-4-6-16/h2-6,9-10,15,17H,7-8,11-14H2,1H3. The molecule has 0 aromatic heterocycles. The SMILES string of the molecule is COc1ccc(S(=O)(=O)N2CCC(CCc3ccccc3)CC2)cc1[N+](=O)[O-]. The molecule has 1 fully saturated rings. The van der Waals surface area contributed by atoms with Gasteiger partial charge in [0.1, 0.15) is 0 Å². The van der Waals surface area contributed by atoms with E-state index in [0.29, 0.717) is 19.0 Å².